The first-order valence-electron chi connectivity index (χ1n) is 5.89. The van der Waals surface area contributed by atoms with Crippen molar-refractivity contribution in [1.29, 1.82) is 0 Å². The molecule has 1 amide bonds. The fourth-order valence-electron chi connectivity index (χ4n) is 1.71. The number of carbonyl (C=O) groups excluding carboxylic acids is 1. The SMILES string of the molecule is O=C(Nc1cccc(CCCBr)c1)c1csc(I)c1. The van der Waals surface area contributed by atoms with Gasteiger partial charge in [-0.1, -0.05) is 28.1 Å². The molecule has 19 heavy (non-hydrogen) atoms. The summed E-state index contributed by atoms with van der Waals surface area (Å²) in [5, 5.41) is 5.82. The number of rotatable bonds is 5. The van der Waals surface area contributed by atoms with Gasteiger partial charge in [0.2, 0.25) is 0 Å². The van der Waals surface area contributed by atoms with Crippen LogP contribution in [0.2, 0.25) is 0 Å². The lowest BCUT2D eigenvalue weighted by Crippen LogP contribution is -2.10. The number of carbonyl (C=O) groups is 1. The molecule has 1 aromatic heterocycles. The maximum absolute atomic E-state index is 12.0. The van der Waals surface area contributed by atoms with E-state index in [4.69, 9.17) is 0 Å². The van der Waals surface area contributed by atoms with Gasteiger partial charge in [0.15, 0.2) is 0 Å². The van der Waals surface area contributed by atoms with Crippen molar-refractivity contribution in [2.24, 2.45) is 0 Å². The van der Waals surface area contributed by atoms with E-state index in [-0.39, 0.29) is 5.91 Å². The van der Waals surface area contributed by atoms with E-state index in [9.17, 15) is 4.79 Å². The number of benzene rings is 1. The van der Waals surface area contributed by atoms with Gasteiger partial charge in [-0.25, -0.2) is 0 Å². The minimum absolute atomic E-state index is 0.0446. The second-order valence-corrected chi connectivity index (χ2v) is 7.68. The number of anilines is 1. The predicted molar refractivity (Wildman–Crippen MR) is 93.5 cm³/mol. The summed E-state index contributed by atoms with van der Waals surface area (Å²) in [7, 11) is 0. The molecule has 0 aliphatic heterocycles. The smallest absolute Gasteiger partial charge is 0.256 e. The molecule has 5 heteroatoms. The molecule has 2 nitrogen and oxygen atoms in total. The molecule has 100 valence electrons. The lowest BCUT2D eigenvalue weighted by atomic mass is 10.1. The van der Waals surface area contributed by atoms with Crippen LogP contribution in [0.15, 0.2) is 35.7 Å². The summed E-state index contributed by atoms with van der Waals surface area (Å²) >= 11 is 7.23. The van der Waals surface area contributed by atoms with Gasteiger partial charge in [0.05, 0.1) is 8.45 Å². The summed E-state index contributed by atoms with van der Waals surface area (Å²) < 4.78 is 1.12. The average Bonchev–Trinajstić information content (AvgIpc) is 2.83. The topological polar surface area (TPSA) is 29.1 Å². The Morgan fingerprint density at radius 3 is 2.89 bits per heavy atom. The number of halogens is 2. The monoisotopic (exact) mass is 449 g/mol. The molecular weight excluding hydrogens is 437 g/mol. The highest BCUT2D eigenvalue weighted by molar-refractivity contribution is 14.1. The third kappa shape index (κ3) is 4.57. The Balaban J connectivity index is 2.04. The quantitative estimate of drug-likeness (QED) is 0.508. The summed E-state index contributed by atoms with van der Waals surface area (Å²) in [6.07, 6.45) is 2.12. The first kappa shape index (κ1) is 15.0. The van der Waals surface area contributed by atoms with Gasteiger partial charge in [-0.05, 0) is 59.2 Å². The predicted octanol–water partition coefficient (Wildman–Crippen LogP) is 4.93. The fraction of sp³-hybridized carbons (Fsp3) is 0.214. The molecule has 0 fully saturated rings. The number of alkyl halides is 1. The molecular formula is C14H13BrINOS. The van der Waals surface area contributed by atoms with Gasteiger partial charge in [-0.15, -0.1) is 11.3 Å². The van der Waals surface area contributed by atoms with Crippen LogP contribution in [0.25, 0.3) is 0 Å². The van der Waals surface area contributed by atoms with Crippen molar-refractivity contribution in [1.82, 2.24) is 0 Å². The molecule has 0 spiro atoms. The molecule has 0 radical (unpaired) electrons. The summed E-state index contributed by atoms with van der Waals surface area (Å²) in [6, 6.07) is 9.93. The molecule has 2 aromatic rings. The Kier molecular flexibility index (Phi) is 5.84. The van der Waals surface area contributed by atoms with Crippen LogP contribution in [0, 0.1) is 2.88 Å². The molecule has 0 saturated heterocycles. The van der Waals surface area contributed by atoms with E-state index in [0.717, 1.165) is 32.3 Å². The van der Waals surface area contributed by atoms with Crippen molar-refractivity contribution in [2.45, 2.75) is 12.8 Å². The molecule has 1 heterocycles. The third-order valence-electron chi connectivity index (χ3n) is 2.61. The summed E-state index contributed by atoms with van der Waals surface area (Å²) in [5.41, 5.74) is 2.83. The molecule has 0 aliphatic rings. The second-order valence-electron chi connectivity index (χ2n) is 4.09. The van der Waals surface area contributed by atoms with Crippen molar-refractivity contribution >= 4 is 61.5 Å². The van der Waals surface area contributed by atoms with Crippen molar-refractivity contribution in [3.8, 4) is 0 Å². The largest absolute Gasteiger partial charge is 0.322 e. The first-order chi connectivity index (χ1) is 9.19. The van der Waals surface area contributed by atoms with Gasteiger partial charge in [-0.3, -0.25) is 4.79 Å². The summed E-state index contributed by atoms with van der Waals surface area (Å²) in [5.74, 6) is -0.0446. The average molecular weight is 450 g/mol. The normalized spacial score (nSPS) is 10.4. The van der Waals surface area contributed by atoms with Gasteiger partial charge < -0.3 is 5.32 Å². The summed E-state index contributed by atoms with van der Waals surface area (Å²) in [4.78, 5) is 12.0. The minimum atomic E-state index is -0.0446. The van der Waals surface area contributed by atoms with Crippen molar-refractivity contribution in [3.63, 3.8) is 0 Å². The van der Waals surface area contributed by atoms with Gasteiger partial charge >= 0.3 is 0 Å². The molecule has 0 bridgehead atoms. The van der Waals surface area contributed by atoms with Crippen LogP contribution in [-0.4, -0.2) is 11.2 Å². The molecule has 1 aromatic carbocycles. The van der Waals surface area contributed by atoms with Gasteiger partial charge in [0.1, 0.15) is 0 Å². The number of hydrogen-bond acceptors (Lipinski definition) is 2. The lowest BCUT2D eigenvalue weighted by molar-refractivity contribution is 0.102. The number of amides is 1. The zero-order valence-electron chi connectivity index (χ0n) is 10.2. The molecule has 2 rings (SSSR count). The minimum Gasteiger partial charge on any atom is -0.322 e. The number of hydrogen-bond donors (Lipinski definition) is 1. The maximum atomic E-state index is 12.0. The van der Waals surface area contributed by atoms with Crippen LogP contribution in [0.5, 0.6) is 0 Å². The molecule has 0 saturated carbocycles. The summed E-state index contributed by atoms with van der Waals surface area (Å²) in [6.45, 7) is 0. The Labute approximate surface area is 138 Å². The highest BCUT2D eigenvalue weighted by Crippen LogP contribution is 2.19. The maximum Gasteiger partial charge on any atom is 0.256 e. The Morgan fingerprint density at radius 1 is 1.37 bits per heavy atom. The molecule has 0 aliphatic carbocycles. The van der Waals surface area contributed by atoms with Gasteiger partial charge in [0, 0.05) is 16.4 Å². The second kappa shape index (κ2) is 7.40. The number of aryl methyl sites for hydroxylation is 1. The third-order valence-corrected chi connectivity index (χ3v) is 4.96. The van der Waals surface area contributed by atoms with Crippen molar-refractivity contribution in [2.75, 3.05) is 10.6 Å². The Morgan fingerprint density at radius 2 is 2.21 bits per heavy atom. The highest BCUT2D eigenvalue weighted by Gasteiger charge is 2.08. The molecule has 1 N–H and O–H groups in total. The first-order valence-corrected chi connectivity index (χ1v) is 8.97. The molecule has 0 unspecified atom stereocenters. The van der Waals surface area contributed by atoms with E-state index in [1.807, 2.05) is 29.6 Å². The van der Waals surface area contributed by atoms with E-state index in [1.54, 1.807) is 11.3 Å². The zero-order chi connectivity index (χ0) is 13.7. The number of thiophene rings is 1. The van der Waals surface area contributed by atoms with E-state index < -0.39 is 0 Å². The van der Waals surface area contributed by atoms with E-state index in [1.165, 1.54) is 5.56 Å². The van der Waals surface area contributed by atoms with Crippen LogP contribution >= 0.6 is 49.9 Å². The van der Waals surface area contributed by atoms with E-state index in [2.05, 4.69) is 49.9 Å². The van der Waals surface area contributed by atoms with Gasteiger partial charge in [0.25, 0.3) is 5.91 Å². The van der Waals surface area contributed by atoms with Crippen LogP contribution in [-0.2, 0) is 6.42 Å². The Bertz CT molecular complexity index is 570. The van der Waals surface area contributed by atoms with Crippen LogP contribution in [0.4, 0.5) is 5.69 Å². The standard InChI is InChI=1S/C14H13BrINOS/c15-6-2-4-10-3-1-5-12(7-10)17-14(18)11-8-13(16)19-9-11/h1,3,5,7-9H,2,4,6H2,(H,17,18). The van der Waals surface area contributed by atoms with E-state index in [0.29, 0.717) is 0 Å². The Hall–Kier alpha value is -0.400. The number of nitrogens with one attached hydrogen (secondary N) is 1. The lowest BCUT2D eigenvalue weighted by Gasteiger charge is -2.06. The van der Waals surface area contributed by atoms with Crippen LogP contribution in [0.3, 0.4) is 0 Å². The van der Waals surface area contributed by atoms with Crippen molar-refractivity contribution < 1.29 is 4.79 Å². The van der Waals surface area contributed by atoms with E-state index >= 15 is 0 Å². The zero-order valence-corrected chi connectivity index (χ0v) is 14.7. The van der Waals surface area contributed by atoms with Gasteiger partial charge in [-0.2, -0.15) is 0 Å². The van der Waals surface area contributed by atoms with Crippen molar-refractivity contribution in [3.05, 3.63) is 49.7 Å². The van der Waals surface area contributed by atoms with Crippen LogP contribution < -0.4 is 5.32 Å². The fourth-order valence-corrected chi connectivity index (χ4v) is 3.31. The highest BCUT2D eigenvalue weighted by atomic mass is 127. The van der Waals surface area contributed by atoms with Crippen LogP contribution in [0.1, 0.15) is 22.3 Å². The molecule has 0 atom stereocenters.